The summed E-state index contributed by atoms with van der Waals surface area (Å²) in [4.78, 5) is 15.5. The number of amides is 1. The van der Waals surface area contributed by atoms with E-state index in [4.69, 9.17) is 9.47 Å². The van der Waals surface area contributed by atoms with Crippen molar-refractivity contribution >= 4 is 27.3 Å². The van der Waals surface area contributed by atoms with Crippen LogP contribution in [0.25, 0.3) is 0 Å². The van der Waals surface area contributed by atoms with Gasteiger partial charge in [0.05, 0.1) is 6.26 Å². The molecule has 1 aromatic rings. The van der Waals surface area contributed by atoms with Gasteiger partial charge in [0.15, 0.2) is 11.5 Å². The summed E-state index contributed by atoms with van der Waals surface area (Å²) in [5.41, 5.74) is 0. The Labute approximate surface area is 145 Å². The molecule has 4 aliphatic heterocycles. The fourth-order valence-electron chi connectivity index (χ4n) is 3.70. The van der Waals surface area contributed by atoms with E-state index in [0.717, 1.165) is 12.8 Å². The maximum Gasteiger partial charge on any atom is 0.268 e. The Morgan fingerprint density at radius 3 is 2.79 bits per heavy atom. The summed E-state index contributed by atoms with van der Waals surface area (Å²) >= 11 is 1.33. The lowest BCUT2D eigenvalue weighted by Gasteiger charge is -2.36. The van der Waals surface area contributed by atoms with E-state index in [1.807, 2.05) is 4.90 Å². The smallest absolute Gasteiger partial charge is 0.268 e. The van der Waals surface area contributed by atoms with Gasteiger partial charge in [-0.1, -0.05) is 0 Å². The Morgan fingerprint density at radius 1 is 1.21 bits per heavy atom. The van der Waals surface area contributed by atoms with Gasteiger partial charge < -0.3 is 14.4 Å². The molecule has 0 unspecified atom stereocenters. The second-order valence-electron chi connectivity index (χ2n) is 6.59. The molecule has 5 rings (SSSR count). The number of carbonyl (C=O) groups excluding carboxylic acids is 1. The van der Waals surface area contributed by atoms with Gasteiger partial charge in [0.2, 0.25) is 10.0 Å². The molecule has 2 bridgehead atoms. The Morgan fingerprint density at radius 2 is 2.00 bits per heavy atom. The normalized spacial score (nSPS) is 27.1. The van der Waals surface area contributed by atoms with Crippen molar-refractivity contribution in [3.63, 3.8) is 0 Å². The zero-order valence-electron chi connectivity index (χ0n) is 13.4. The average molecular weight is 372 g/mol. The Bertz CT molecular complexity index is 760. The highest BCUT2D eigenvalue weighted by Gasteiger charge is 2.41. The van der Waals surface area contributed by atoms with Gasteiger partial charge in [-0.05, 0) is 18.8 Å². The van der Waals surface area contributed by atoms with E-state index in [1.165, 1.54) is 21.9 Å². The first kappa shape index (κ1) is 16.2. The third kappa shape index (κ3) is 2.78. The fourth-order valence-corrected chi connectivity index (χ4v) is 5.51. The molecule has 0 saturated carbocycles. The van der Waals surface area contributed by atoms with E-state index in [-0.39, 0.29) is 17.9 Å². The number of carbonyl (C=O) groups is 1. The molecule has 0 aromatic carbocycles. The van der Waals surface area contributed by atoms with Crippen LogP contribution < -0.4 is 9.47 Å². The van der Waals surface area contributed by atoms with Crippen molar-refractivity contribution in [2.75, 3.05) is 39.1 Å². The SMILES string of the molecule is CS(=O)(=O)N1C[C@H]2CC[C@@H](C1)N(C(=O)c1scc3c1OCCO3)C2. The number of ether oxygens (including phenoxy) is 2. The number of sulfonamides is 1. The Balaban J connectivity index is 1.61. The first-order valence-electron chi connectivity index (χ1n) is 8.06. The van der Waals surface area contributed by atoms with Crippen molar-refractivity contribution in [2.24, 2.45) is 5.92 Å². The second kappa shape index (κ2) is 5.89. The van der Waals surface area contributed by atoms with E-state index >= 15 is 0 Å². The third-order valence-corrected chi connectivity index (χ3v) is 7.07. The van der Waals surface area contributed by atoms with Crippen LogP contribution in [0.1, 0.15) is 22.5 Å². The standard InChI is InChI=1S/C15H20N2O5S2/c1-24(19,20)16-6-10-2-3-11(8-16)17(7-10)15(18)14-13-12(9-23-14)21-4-5-22-13/h9-11H,2-8H2,1H3/t10-,11+/m1/s1. The number of nitrogens with zero attached hydrogens (tertiary/aromatic N) is 2. The van der Waals surface area contributed by atoms with E-state index < -0.39 is 10.0 Å². The van der Waals surface area contributed by atoms with Crippen LogP contribution in [-0.4, -0.2) is 68.7 Å². The molecule has 2 atom stereocenters. The molecule has 4 aliphatic rings. The van der Waals surface area contributed by atoms with Crippen LogP contribution >= 0.6 is 11.3 Å². The molecule has 5 heterocycles. The summed E-state index contributed by atoms with van der Waals surface area (Å²) in [7, 11) is -3.24. The molecule has 24 heavy (non-hydrogen) atoms. The summed E-state index contributed by atoms with van der Waals surface area (Å²) in [6.45, 7) is 2.42. The molecule has 132 valence electrons. The van der Waals surface area contributed by atoms with Crippen LogP contribution in [0, 0.1) is 5.92 Å². The first-order valence-corrected chi connectivity index (χ1v) is 10.8. The highest BCUT2D eigenvalue weighted by molar-refractivity contribution is 7.88. The van der Waals surface area contributed by atoms with Crippen LogP contribution in [0.4, 0.5) is 0 Å². The van der Waals surface area contributed by atoms with E-state index in [2.05, 4.69) is 0 Å². The number of piperidine rings is 1. The second-order valence-corrected chi connectivity index (χ2v) is 9.45. The molecule has 0 radical (unpaired) electrons. The molecule has 0 spiro atoms. The molecule has 1 aromatic heterocycles. The van der Waals surface area contributed by atoms with Crippen molar-refractivity contribution in [2.45, 2.75) is 18.9 Å². The predicted molar refractivity (Wildman–Crippen MR) is 89.3 cm³/mol. The summed E-state index contributed by atoms with van der Waals surface area (Å²) in [5, 5.41) is 1.81. The summed E-state index contributed by atoms with van der Waals surface area (Å²) in [5.74, 6) is 1.29. The average Bonchev–Trinajstić information content (AvgIpc) is 2.74. The van der Waals surface area contributed by atoms with E-state index in [9.17, 15) is 13.2 Å². The van der Waals surface area contributed by atoms with Gasteiger partial charge in [-0.3, -0.25) is 4.79 Å². The lowest BCUT2D eigenvalue weighted by Crippen LogP contribution is -2.47. The minimum absolute atomic E-state index is 0.0724. The Hall–Kier alpha value is -1.32. The van der Waals surface area contributed by atoms with E-state index in [1.54, 1.807) is 5.38 Å². The van der Waals surface area contributed by atoms with Gasteiger partial charge in [-0.25, -0.2) is 8.42 Å². The van der Waals surface area contributed by atoms with Crippen LogP contribution in [0.3, 0.4) is 0 Å². The predicted octanol–water partition coefficient (Wildman–Crippen LogP) is 1.02. The largest absolute Gasteiger partial charge is 0.485 e. The van der Waals surface area contributed by atoms with Gasteiger partial charge in [-0.2, -0.15) is 4.31 Å². The minimum Gasteiger partial charge on any atom is -0.485 e. The maximum atomic E-state index is 13.1. The zero-order chi connectivity index (χ0) is 16.9. The van der Waals surface area contributed by atoms with Crippen molar-refractivity contribution in [3.05, 3.63) is 10.3 Å². The Kier molecular flexibility index (Phi) is 3.97. The maximum absolute atomic E-state index is 13.1. The monoisotopic (exact) mass is 372 g/mol. The molecule has 1 amide bonds. The van der Waals surface area contributed by atoms with Crippen LogP contribution in [-0.2, 0) is 10.0 Å². The molecular weight excluding hydrogens is 352 g/mol. The molecule has 7 nitrogen and oxygen atoms in total. The zero-order valence-corrected chi connectivity index (χ0v) is 15.1. The van der Waals surface area contributed by atoms with Crippen molar-refractivity contribution in [1.29, 1.82) is 0 Å². The minimum atomic E-state index is -3.24. The number of hydrogen-bond donors (Lipinski definition) is 0. The molecule has 3 saturated heterocycles. The molecular formula is C15H20N2O5S2. The van der Waals surface area contributed by atoms with Gasteiger partial charge in [0, 0.05) is 31.1 Å². The lowest BCUT2D eigenvalue weighted by molar-refractivity contribution is 0.0586. The van der Waals surface area contributed by atoms with Crippen LogP contribution in [0.2, 0.25) is 0 Å². The highest BCUT2D eigenvalue weighted by atomic mass is 32.2. The van der Waals surface area contributed by atoms with E-state index in [0.29, 0.717) is 49.2 Å². The van der Waals surface area contributed by atoms with Crippen molar-refractivity contribution < 1.29 is 22.7 Å². The summed E-state index contributed by atoms with van der Waals surface area (Å²) < 4.78 is 36.5. The topological polar surface area (TPSA) is 76.2 Å². The van der Waals surface area contributed by atoms with Gasteiger partial charge in [0.25, 0.3) is 5.91 Å². The van der Waals surface area contributed by atoms with Gasteiger partial charge in [-0.15, -0.1) is 11.3 Å². The first-order chi connectivity index (χ1) is 11.4. The van der Waals surface area contributed by atoms with Crippen molar-refractivity contribution in [1.82, 2.24) is 9.21 Å². The number of fused-ring (bicyclic) bond motifs is 5. The molecule has 9 heteroatoms. The quantitative estimate of drug-likeness (QED) is 0.775. The molecule has 0 aliphatic carbocycles. The molecule has 3 fully saturated rings. The third-order valence-electron chi connectivity index (χ3n) is 4.91. The fraction of sp³-hybridized carbons (Fsp3) is 0.667. The number of rotatable bonds is 2. The van der Waals surface area contributed by atoms with Crippen LogP contribution in [0.15, 0.2) is 5.38 Å². The van der Waals surface area contributed by atoms with Crippen molar-refractivity contribution in [3.8, 4) is 11.5 Å². The van der Waals surface area contributed by atoms with Crippen LogP contribution in [0.5, 0.6) is 11.5 Å². The summed E-state index contributed by atoms with van der Waals surface area (Å²) in [6, 6.07) is -0.0757. The summed E-state index contributed by atoms with van der Waals surface area (Å²) in [6.07, 6.45) is 3.04. The van der Waals surface area contributed by atoms with Gasteiger partial charge in [0.1, 0.15) is 18.1 Å². The molecule has 0 N–H and O–H groups in total. The number of thiophene rings is 1. The number of hydrogen-bond acceptors (Lipinski definition) is 6. The highest BCUT2D eigenvalue weighted by Crippen LogP contribution is 2.41. The lowest BCUT2D eigenvalue weighted by atomic mass is 9.95. The van der Waals surface area contributed by atoms with Gasteiger partial charge >= 0.3 is 0 Å².